The average Bonchev–Trinajstić information content (AvgIpc) is 3.30. The minimum Gasteiger partial charge on any atom is -0.453 e. The lowest BCUT2D eigenvalue weighted by atomic mass is 9.97. The Morgan fingerprint density at radius 3 is 2.78 bits per heavy atom. The quantitative estimate of drug-likeness (QED) is 0.618. The third-order valence-electron chi connectivity index (χ3n) is 6.20. The SMILES string of the molecule is CC(OC(=O)CCc1nc2sc3c(c2c(=O)[nH]1)CCCC3)C(=O)N(C)C1CCS(=O)(=O)C1. The van der Waals surface area contributed by atoms with Crippen LogP contribution in [0.1, 0.15) is 48.9 Å². The molecule has 0 bridgehead atoms. The highest BCUT2D eigenvalue weighted by Crippen LogP contribution is 2.33. The summed E-state index contributed by atoms with van der Waals surface area (Å²) in [6, 6.07) is -0.397. The summed E-state index contributed by atoms with van der Waals surface area (Å²) >= 11 is 1.55. The molecule has 0 radical (unpaired) electrons. The molecular weight excluding hydrogens is 454 g/mol. The number of amides is 1. The van der Waals surface area contributed by atoms with Gasteiger partial charge in [0.25, 0.3) is 11.5 Å². The summed E-state index contributed by atoms with van der Waals surface area (Å²) in [5.74, 6) is -0.593. The zero-order valence-corrected chi connectivity index (χ0v) is 19.8. The van der Waals surface area contributed by atoms with Crippen molar-refractivity contribution in [1.29, 1.82) is 0 Å². The predicted octanol–water partition coefficient (Wildman–Crippen LogP) is 1.37. The summed E-state index contributed by atoms with van der Waals surface area (Å²) in [5.41, 5.74) is 0.942. The molecule has 1 N–H and O–H groups in total. The number of hydrogen-bond donors (Lipinski definition) is 1. The summed E-state index contributed by atoms with van der Waals surface area (Å²) < 4.78 is 28.5. The molecule has 1 aliphatic carbocycles. The number of hydrogen-bond acceptors (Lipinski definition) is 8. The molecule has 0 spiro atoms. The van der Waals surface area contributed by atoms with Gasteiger partial charge in [-0.05, 0) is 44.6 Å². The second kappa shape index (κ2) is 8.93. The first-order chi connectivity index (χ1) is 15.1. The van der Waals surface area contributed by atoms with Crippen LogP contribution in [0.3, 0.4) is 0 Å². The Morgan fingerprint density at radius 1 is 1.31 bits per heavy atom. The van der Waals surface area contributed by atoms with Crippen molar-refractivity contribution in [3.63, 3.8) is 0 Å². The molecule has 0 aromatic carbocycles. The Labute approximate surface area is 190 Å². The van der Waals surface area contributed by atoms with E-state index < -0.39 is 33.9 Å². The molecule has 3 heterocycles. The fraction of sp³-hybridized carbons (Fsp3) is 0.619. The van der Waals surface area contributed by atoms with Crippen molar-refractivity contribution in [1.82, 2.24) is 14.9 Å². The van der Waals surface area contributed by atoms with Crippen LogP contribution in [0.25, 0.3) is 10.2 Å². The van der Waals surface area contributed by atoms with E-state index in [0.717, 1.165) is 31.2 Å². The monoisotopic (exact) mass is 481 g/mol. The van der Waals surface area contributed by atoms with Crippen LogP contribution < -0.4 is 5.56 Å². The largest absolute Gasteiger partial charge is 0.453 e. The number of nitrogens with one attached hydrogen (secondary N) is 1. The van der Waals surface area contributed by atoms with E-state index in [4.69, 9.17) is 4.74 Å². The van der Waals surface area contributed by atoms with E-state index in [0.29, 0.717) is 22.5 Å². The molecule has 9 nitrogen and oxygen atoms in total. The van der Waals surface area contributed by atoms with Gasteiger partial charge in [-0.2, -0.15) is 0 Å². The highest BCUT2D eigenvalue weighted by molar-refractivity contribution is 7.91. The molecule has 1 amide bonds. The van der Waals surface area contributed by atoms with Gasteiger partial charge in [0.15, 0.2) is 15.9 Å². The van der Waals surface area contributed by atoms with Crippen molar-refractivity contribution in [2.45, 2.75) is 64.0 Å². The number of carbonyl (C=O) groups excluding carboxylic acids is 2. The number of likely N-dealkylation sites (N-methyl/N-ethyl adjacent to an activating group) is 1. The Balaban J connectivity index is 1.35. The molecule has 11 heteroatoms. The van der Waals surface area contributed by atoms with Crippen LogP contribution >= 0.6 is 11.3 Å². The van der Waals surface area contributed by atoms with E-state index >= 15 is 0 Å². The molecule has 2 aromatic rings. The maximum atomic E-state index is 12.6. The fourth-order valence-corrected chi connectivity index (χ4v) is 7.46. The number of thiophene rings is 1. The first kappa shape index (κ1) is 22.9. The zero-order valence-electron chi connectivity index (χ0n) is 18.2. The summed E-state index contributed by atoms with van der Waals surface area (Å²) in [7, 11) is -1.59. The number of fused-ring (bicyclic) bond motifs is 3. The Kier molecular flexibility index (Phi) is 6.39. The second-order valence-electron chi connectivity index (χ2n) is 8.54. The molecule has 2 atom stereocenters. The van der Waals surface area contributed by atoms with Crippen LogP contribution in [-0.2, 0) is 43.4 Å². The minimum atomic E-state index is -3.12. The number of sulfone groups is 1. The second-order valence-corrected chi connectivity index (χ2v) is 11.9. The summed E-state index contributed by atoms with van der Waals surface area (Å²) in [6.45, 7) is 1.47. The summed E-state index contributed by atoms with van der Waals surface area (Å²) in [6.07, 6.45) is 3.62. The minimum absolute atomic E-state index is 0.0291. The molecule has 174 valence electrons. The van der Waals surface area contributed by atoms with Gasteiger partial charge in [-0.15, -0.1) is 11.3 Å². The summed E-state index contributed by atoms with van der Waals surface area (Å²) in [4.78, 5) is 48.0. The first-order valence-corrected chi connectivity index (χ1v) is 13.5. The number of carbonyl (C=O) groups is 2. The van der Waals surface area contributed by atoms with Crippen LogP contribution in [0, 0.1) is 0 Å². The van der Waals surface area contributed by atoms with E-state index in [-0.39, 0.29) is 29.9 Å². The lowest BCUT2D eigenvalue weighted by molar-refractivity contribution is -0.159. The number of esters is 1. The number of ether oxygens (including phenoxy) is 1. The van der Waals surface area contributed by atoms with Crippen molar-refractivity contribution in [2.24, 2.45) is 0 Å². The maximum Gasteiger partial charge on any atom is 0.307 e. The third-order valence-corrected chi connectivity index (χ3v) is 9.14. The molecule has 0 saturated carbocycles. The first-order valence-electron chi connectivity index (χ1n) is 10.8. The number of aryl methyl sites for hydroxylation is 3. The topological polar surface area (TPSA) is 126 Å². The standard InChI is InChI=1S/C21H27N3O6S2/c1-12(21(27)24(2)13-9-10-32(28,29)11-13)30-17(25)8-7-16-22-19(26)18-14-5-3-4-6-15(14)31-20(18)23-16/h12-13H,3-11H2,1-2H3,(H,22,23,26). The van der Waals surface area contributed by atoms with Crippen molar-refractivity contribution < 1.29 is 22.7 Å². The van der Waals surface area contributed by atoms with E-state index in [2.05, 4.69) is 9.97 Å². The lowest BCUT2D eigenvalue weighted by Gasteiger charge is -2.26. The maximum absolute atomic E-state index is 12.6. The van der Waals surface area contributed by atoms with Crippen molar-refractivity contribution in [3.05, 3.63) is 26.6 Å². The Bertz CT molecular complexity index is 1220. The molecule has 1 aliphatic heterocycles. The predicted molar refractivity (Wildman–Crippen MR) is 121 cm³/mol. The molecular formula is C21H27N3O6S2. The molecule has 1 saturated heterocycles. The number of H-pyrrole nitrogens is 1. The van der Waals surface area contributed by atoms with Crippen LogP contribution in [0.4, 0.5) is 0 Å². The van der Waals surface area contributed by atoms with Gasteiger partial charge in [0.2, 0.25) is 0 Å². The van der Waals surface area contributed by atoms with Gasteiger partial charge in [0, 0.05) is 24.4 Å². The number of rotatable bonds is 6. The van der Waals surface area contributed by atoms with Gasteiger partial charge >= 0.3 is 5.97 Å². The smallest absolute Gasteiger partial charge is 0.307 e. The van der Waals surface area contributed by atoms with Crippen molar-refractivity contribution in [3.8, 4) is 0 Å². The average molecular weight is 482 g/mol. The van der Waals surface area contributed by atoms with Crippen LogP contribution in [0.2, 0.25) is 0 Å². The number of aromatic nitrogens is 2. The van der Waals surface area contributed by atoms with Gasteiger partial charge < -0.3 is 14.6 Å². The van der Waals surface area contributed by atoms with Gasteiger partial charge in [0.05, 0.1) is 23.3 Å². The normalized spacial score (nSPS) is 20.6. The summed E-state index contributed by atoms with van der Waals surface area (Å²) in [5, 5.41) is 0.673. The lowest BCUT2D eigenvalue weighted by Crippen LogP contribution is -2.44. The van der Waals surface area contributed by atoms with Gasteiger partial charge in [-0.3, -0.25) is 14.4 Å². The Morgan fingerprint density at radius 2 is 2.06 bits per heavy atom. The molecule has 1 fully saturated rings. The van der Waals surface area contributed by atoms with Crippen LogP contribution in [-0.4, -0.2) is 65.9 Å². The van der Waals surface area contributed by atoms with Gasteiger partial charge in [-0.1, -0.05) is 0 Å². The van der Waals surface area contributed by atoms with E-state index in [9.17, 15) is 22.8 Å². The number of nitrogens with zero attached hydrogens (tertiary/aromatic N) is 2. The zero-order chi connectivity index (χ0) is 23.0. The third kappa shape index (κ3) is 4.73. The van der Waals surface area contributed by atoms with E-state index in [1.807, 2.05) is 0 Å². The fourth-order valence-electron chi connectivity index (χ4n) is 4.40. The molecule has 2 aromatic heterocycles. The van der Waals surface area contributed by atoms with Crippen LogP contribution in [0.15, 0.2) is 4.79 Å². The molecule has 4 rings (SSSR count). The Hall–Kier alpha value is -2.27. The van der Waals surface area contributed by atoms with E-state index in [1.54, 1.807) is 11.3 Å². The van der Waals surface area contributed by atoms with Gasteiger partial charge in [-0.25, -0.2) is 13.4 Å². The number of aromatic amines is 1. The van der Waals surface area contributed by atoms with E-state index in [1.165, 1.54) is 23.7 Å². The molecule has 32 heavy (non-hydrogen) atoms. The molecule has 2 aliphatic rings. The van der Waals surface area contributed by atoms with Crippen LogP contribution in [0.5, 0.6) is 0 Å². The highest BCUT2D eigenvalue weighted by Gasteiger charge is 2.35. The van der Waals surface area contributed by atoms with Crippen molar-refractivity contribution >= 4 is 43.3 Å². The molecule has 2 unspecified atom stereocenters. The van der Waals surface area contributed by atoms with Crippen molar-refractivity contribution in [2.75, 3.05) is 18.6 Å². The highest BCUT2D eigenvalue weighted by atomic mass is 32.2. The van der Waals surface area contributed by atoms with Gasteiger partial charge in [0.1, 0.15) is 10.7 Å².